The van der Waals surface area contributed by atoms with Gasteiger partial charge in [0.15, 0.2) is 0 Å². The van der Waals surface area contributed by atoms with E-state index in [1.54, 1.807) is 4.90 Å². The van der Waals surface area contributed by atoms with Gasteiger partial charge in [-0.1, -0.05) is 12.2 Å². The number of rotatable bonds is 2. The fourth-order valence-corrected chi connectivity index (χ4v) is 1.73. The molecular weight excluding hydrogens is 234 g/mol. The van der Waals surface area contributed by atoms with Crippen molar-refractivity contribution in [3.63, 3.8) is 0 Å². The Labute approximate surface area is 108 Å². The SMILES string of the molecule is COC(=O)C[C@@H]1CC=CCN1C(=O)OC(C)(C)C. The molecule has 0 unspecified atom stereocenters. The fraction of sp³-hybridized carbons (Fsp3) is 0.692. The van der Waals surface area contributed by atoms with Crippen LogP contribution in [0.3, 0.4) is 0 Å². The normalized spacial score (nSPS) is 19.6. The number of nitrogens with zero attached hydrogens (tertiary/aromatic N) is 1. The van der Waals surface area contributed by atoms with Crippen molar-refractivity contribution < 1.29 is 19.1 Å². The van der Waals surface area contributed by atoms with Gasteiger partial charge < -0.3 is 14.4 Å². The van der Waals surface area contributed by atoms with Crippen molar-refractivity contribution in [2.75, 3.05) is 13.7 Å². The molecule has 1 heterocycles. The van der Waals surface area contributed by atoms with Gasteiger partial charge in [-0.05, 0) is 27.2 Å². The van der Waals surface area contributed by atoms with Crippen molar-refractivity contribution in [2.45, 2.75) is 45.3 Å². The van der Waals surface area contributed by atoms with Crippen molar-refractivity contribution >= 4 is 12.1 Å². The number of methoxy groups -OCH3 is 1. The lowest BCUT2D eigenvalue weighted by Gasteiger charge is -2.33. The minimum Gasteiger partial charge on any atom is -0.469 e. The van der Waals surface area contributed by atoms with Gasteiger partial charge in [-0.2, -0.15) is 0 Å². The molecule has 0 aromatic carbocycles. The molecule has 0 aromatic rings. The molecule has 0 N–H and O–H groups in total. The van der Waals surface area contributed by atoms with Gasteiger partial charge in [0.05, 0.1) is 13.5 Å². The summed E-state index contributed by atoms with van der Waals surface area (Å²) in [5.41, 5.74) is -0.534. The van der Waals surface area contributed by atoms with Crippen LogP contribution in [0.4, 0.5) is 4.79 Å². The number of carbonyl (C=O) groups is 2. The van der Waals surface area contributed by atoms with Crippen molar-refractivity contribution in [3.05, 3.63) is 12.2 Å². The van der Waals surface area contributed by atoms with Gasteiger partial charge in [-0.3, -0.25) is 4.79 Å². The molecule has 0 spiro atoms. The Hall–Kier alpha value is -1.52. The molecule has 18 heavy (non-hydrogen) atoms. The molecule has 1 aliphatic heterocycles. The molecule has 0 aromatic heterocycles. The zero-order valence-corrected chi connectivity index (χ0v) is 11.4. The molecule has 0 saturated heterocycles. The van der Waals surface area contributed by atoms with Crippen LogP contribution in [0.15, 0.2) is 12.2 Å². The van der Waals surface area contributed by atoms with E-state index in [4.69, 9.17) is 4.74 Å². The third kappa shape index (κ3) is 4.39. The Kier molecular flexibility index (Phi) is 4.76. The first-order valence-corrected chi connectivity index (χ1v) is 6.05. The van der Waals surface area contributed by atoms with Crippen LogP contribution in [-0.2, 0) is 14.3 Å². The van der Waals surface area contributed by atoms with Crippen LogP contribution in [0.1, 0.15) is 33.6 Å². The van der Waals surface area contributed by atoms with E-state index in [2.05, 4.69) is 4.74 Å². The van der Waals surface area contributed by atoms with E-state index in [1.807, 2.05) is 32.9 Å². The maximum absolute atomic E-state index is 12.0. The van der Waals surface area contributed by atoms with E-state index >= 15 is 0 Å². The average molecular weight is 255 g/mol. The summed E-state index contributed by atoms with van der Waals surface area (Å²) in [5, 5.41) is 0. The highest BCUT2D eigenvalue weighted by molar-refractivity contribution is 5.73. The van der Waals surface area contributed by atoms with Crippen LogP contribution in [-0.4, -0.2) is 42.3 Å². The Morgan fingerprint density at radius 2 is 2.00 bits per heavy atom. The smallest absolute Gasteiger partial charge is 0.410 e. The quantitative estimate of drug-likeness (QED) is 0.560. The number of amides is 1. The molecule has 0 fully saturated rings. The lowest BCUT2D eigenvalue weighted by atomic mass is 10.1. The molecule has 1 amide bonds. The number of hydrogen-bond acceptors (Lipinski definition) is 4. The predicted molar refractivity (Wildman–Crippen MR) is 67.1 cm³/mol. The highest BCUT2D eigenvalue weighted by Gasteiger charge is 2.30. The standard InChI is InChI=1S/C13H21NO4/c1-13(2,3)18-12(16)14-8-6-5-7-10(14)9-11(15)17-4/h5-6,10H,7-9H2,1-4H3/t10-/m0/s1. The first-order valence-electron chi connectivity index (χ1n) is 6.05. The summed E-state index contributed by atoms with van der Waals surface area (Å²) in [6, 6.07) is -0.183. The van der Waals surface area contributed by atoms with Crippen molar-refractivity contribution in [3.8, 4) is 0 Å². The average Bonchev–Trinajstić information content (AvgIpc) is 2.27. The number of hydrogen-bond donors (Lipinski definition) is 0. The van der Waals surface area contributed by atoms with E-state index in [1.165, 1.54) is 7.11 Å². The summed E-state index contributed by atoms with van der Waals surface area (Å²) in [7, 11) is 1.35. The van der Waals surface area contributed by atoms with E-state index < -0.39 is 5.60 Å². The van der Waals surface area contributed by atoms with Crippen LogP contribution < -0.4 is 0 Å². The first kappa shape index (κ1) is 14.5. The molecule has 0 radical (unpaired) electrons. The second-order valence-electron chi connectivity index (χ2n) is 5.27. The maximum atomic E-state index is 12.0. The lowest BCUT2D eigenvalue weighted by molar-refractivity contribution is -0.141. The van der Waals surface area contributed by atoms with E-state index in [-0.39, 0.29) is 24.5 Å². The summed E-state index contributed by atoms with van der Waals surface area (Å²) in [4.78, 5) is 24.9. The Morgan fingerprint density at radius 3 is 2.56 bits per heavy atom. The molecule has 0 bridgehead atoms. The molecule has 1 atom stereocenters. The topological polar surface area (TPSA) is 55.8 Å². The molecule has 0 saturated carbocycles. The molecule has 1 rings (SSSR count). The molecule has 0 aliphatic carbocycles. The summed E-state index contributed by atoms with van der Waals surface area (Å²) in [6.07, 6.45) is 4.32. The van der Waals surface area contributed by atoms with Gasteiger partial charge in [-0.15, -0.1) is 0 Å². The molecular formula is C13H21NO4. The summed E-state index contributed by atoms with van der Waals surface area (Å²) >= 11 is 0. The summed E-state index contributed by atoms with van der Waals surface area (Å²) in [6.45, 7) is 5.93. The molecule has 5 nitrogen and oxygen atoms in total. The Bertz CT molecular complexity index is 343. The maximum Gasteiger partial charge on any atom is 0.410 e. The largest absolute Gasteiger partial charge is 0.469 e. The second-order valence-corrected chi connectivity index (χ2v) is 5.27. The zero-order chi connectivity index (χ0) is 13.8. The van der Waals surface area contributed by atoms with Gasteiger partial charge in [-0.25, -0.2) is 4.79 Å². The minimum absolute atomic E-state index is 0.183. The van der Waals surface area contributed by atoms with Crippen molar-refractivity contribution in [1.29, 1.82) is 0 Å². The zero-order valence-electron chi connectivity index (χ0n) is 11.4. The Balaban J connectivity index is 2.68. The predicted octanol–water partition coefficient (Wildman–Crippen LogP) is 2.12. The summed E-state index contributed by atoms with van der Waals surface area (Å²) in [5.74, 6) is -0.316. The van der Waals surface area contributed by atoms with Crippen molar-refractivity contribution in [2.24, 2.45) is 0 Å². The van der Waals surface area contributed by atoms with Crippen LogP contribution in [0.2, 0.25) is 0 Å². The van der Waals surface area contributed by atoms with Gasteiger partial charge in [0.25, 0.3) is 0 Å². The molecule has 5 heteroatoms. The van der Waals surface area contributed by atoms with Crippen LogP contribution >= 0.6 is 0 Å². The van der Waals surface area contributed by atoms with E-state index in [0.717, 1.165) is 0 Å². The number of esters is 1. The summed E-state index contributed by atoms with van der Waals surface area (Å²) < 4.78 is 9.96. The Morgan fingerprint density at radius 1 is 1.33 bits per heavy atom. The monoisotopic (exact) mass is 255 g/mol. The molecule has 1 aliphatic rings. The van der Waals surface area contributed by atoms with Gasteiger partial charge in [0.1, 0.15) is 5.60 Å². The van der Waals surface area contributed by atoms with Gasteiger partial charge in [0.2, 0.25) is 0 Å². The van der Waals surface area contributed by atoms with Crippen molar-refractivity contribution in [1.82, 2.24) is 4.90 Å². The van der Waals surface area contributed by atoms with Crippen LogP contribution in [0.5, 0.6) is 0 Å². The van der Waals surface area contributed by atoms with Crippen LogP contribution in [0, 0.1) is 0 Å². The highest BCUT2D eigenvalue weighted by Crippen LogP contribution is 2.19. The third-order valence-electron chi connectivity index (χ3n) is 2.58. The fourth-order valence-electron chi connectivity index (χ4n) is 1.73. The van der Waals surface area contributed by atoms with Gasteiger partial charge in [0, 0.05) is 12.6 Å². The second kappa shape index (κ2) is 5.89. The van der Waals surface area contributed by atoms with Gasteiger partial charge >= 0.3 is 12.1 Å². The highest BCUT2D eigenvalue weighted by atomic mass is 16.6. The minimum atomic E-state index is -0.534. The molecule has 102 valence electrons. The lowest BCUT2D eigenvalue weighted by Crippen LogP contribution is -2.45. The van der Waals surface area contributed by atoms with E-state index in [9.17, 15) is 9.59 Å². The number of carbonyl (C=O) groups excluding carboxylic acids is 2. The third-order valence-corrected chi connectivity index (χ3v) is 2.58. The van der Waals surface area contributed by atoms with E-state index in [0.29, 0.717) is 13.0 Å². The number of ether oxygens (including phenoxy) is 2. The first-order chi connectivity index (χ1) is 8.33. The van der Waals surface area contributed by atoms with Crippen LogP contribution in [0.25, 0.3) is 0 Å².